The van der Waals surface area contributed by atoms with Gasteiger partial charge in [0.15, 0.2) is 5.78 Å². The van der Waals surface area contributed by atoms with E-state index < -0.39 is 52.7 Å². The molecular formula is C48H41N3O7. The molecule has 2 saturated heterocycles. The average Bonchev–Trinajstić information content (AvgIpc) is 3.62. The molecule has 6 atom stereocenters. The van der Waals surface area contributed by atoms with Crippen molar-refractivity contribution < 1.29 is 33.8 Å². The fourth-order valence-corrected chi connectivity index (χ4v) is 9.79. The normalized spacial score (nSPS) is 24.9. The Morgan fingerprint density at radius 1 is 0.810 bits per heavy atom. The third-order valence-corrected chi connectivity index (χ3v) is 12.5. The molecule has 2 aliphatic heterocycles. The van der Waals surface area contributed by atoms with Crippen LogP contribution in [0.2, 0.25) is 0 Å². The van der Waals surface area contributed by atoms with Crippen LogP contribution in [0.1, 0.15) is 58.3 Å². The Kier molecular flexibility index (Phi) is 9.07. The number of hydrazine groups is 1. The number of ether oxygens (including phenoxy) is 1. The zero-order valence-corrected chi connectivity index (χ0v) is 32.0. The number of phenols is 1. The summed E-state index contributed by atoms with van der Waals surface area (Å²) >= 11 is 0. The summed E-state index contributed by atoms with van der Waals surface area (Å²) in [6.07, 6.45) is 2.30. The number of fused-ring (bicyclic) bond motifs is 4. The molecule has 5 aromatic carbocycles. The largest absolute Gasteiger partial charge is 0.508 e. The molecule has 9 rings (SSSR count). The molecule has 0 unspecified atom stereocenters. The summed E-state index contributed by atoms with van der Waals surface area (Å²) in [5, 5.41) is 13.1. The number of carbonyl (C=O) groups excluding carboxylic acids is 5. The average molecular weight is 772 g/mol. The van der Waals surface area contributed by atoms with Gasteiger partial charge in [0.2, 0.25) is 11.8 Å². The number of aromatic hydroxyl groups is 1. The van der Waals surface area contributed by atoms with Crippen molar-refractivity contribution in [3.8, 4) is 11.5 Å². The number of allylic oxidation sites excluding steroid dienone is 2. The van der Waals surface area contributed by atoms with E-state index in [2.05, 4.69) is 5.43 Å². The minimum atomic E-state index is -1.54. The molecular weight excluding hydrogens is 731 g/mol. The number of Topliss-reactive ketones (excluding diaryl/α,β-unsaturated/α-hetero) is 1. The molecule has 0 radical (unpaired) electrons. The van der Waals surface area contributed by atoms with Crippen molar-refractivity contribution in [2.75, 3.05) is 10.3 Å². The van der Waals surface area contributed by atoms with Crippen LogP contribution in [0.3, 0.4) is 0 Å². The summed E-state index contributed by atoms with van der Waals surface area (Å²) in [4.78, 5) is 72.5. The zero-order valence-electron chi connectivity index (χ0n) is 32.0. The summed E-state index contributed by atoms with van der Waals surface area (Å²) in [6, 6.07) is 37.7. The van der Waals surface area contributed by atoms with E-state index in [9.17, 15) is 24.3 Å². The van der Waals surface area contributed by atoms with Crippen LogP contribution in [0.15, 0.2) is 139 Å². The summed E-state index contributed by atoms with van der Waals surface area (Å²) in [6.45, 7) is 3.67. The molecule has 58 heavy (non-hydrogen) atoms. The van der Waals surface area contributed by atoms with E-state index in [0.29, 0.717) is 33.8 Å². The van der Waals surface area contributed by atoms with Gasteiger partial charge in [0.25, 0.3) is 11.8 Å². The maximum Gasteiger partial charge on any atom is 0.260 e. The third-order valence-electron chi connectivity index (χ3n) is 12.5. The van der Waals surface area contributed by atoms with Gasteiger partial charge in [-0.25, -0.2) is 0 Å². The lowest BCUT2D eigenvalue weighted by atomic mass is 9.49. The van der Waals surface area contributed by atoms with E-state index >= 15 is 4.79 Å². The number of nitrogens with zero attached hydrogens (tertiary/aromatic N) is 2. The van der Waals surface area contributed by atoms with Crippen LogP contribution < -0.4 is 15.1 Å². The molecule has 10 nitrogen and oxygen atoms in total. The van der Waals surface area contributed by atoms with Crippen molar-refractivity contribution in [3.63, 3.8) is 0 Å². The molecule has 0 bridgehead atoms. The Labute approximate surface area is 335 Å². The molecule has 5 aromatic rings. The van der Waals surface area contributed by atoms with Gasteiger partial charge in [0, 0.05) is 23.1 Å². The summed E-state index contributed by atoms with van der Waals surface area (Å²) in [7, 11) is 0. The van der Waals surface area contributed by atoms with Gasteiger partial charge >= 0.3 is 0 Å². The molecule has 3 fully saturated rings. The zero-order chi connectivity index (χ0) is 40.3. The standard InChI is InChI=1S/C48H41N3O7/c1-28-13-17-33(18-14-28)49-51-45(55)40-26-39-36(23-24-38-42(39)46(56)50(44(38)54)34-19-15-31(16-20-34)29(2)52)43(48(40,47(51)57)32-11-7-4-8-12-32)37-22-21-35(25-41(37)53)58-27-30-9-5-3-6-10-30/h3-23,25,38-40,42-43,49,53H,24,26-27H2,1-2H3/t38-,39+,40-,42-,43+,48+/m0/s1. The van der Waals surface area contributed by atoms with Crippen molar-refractivity contribution in [1.29, 1.82) is 0 Å². The number of imide groups is 2. The number of nitrogens with one attached hydrogen (secondary N) is 1. The van der Waals surface area contributed by atoms with Crippen LogP contribution in [0, 0.1) is 30.6 Å². The molecule has 4 amide bonds. The van der Waals surface area contributed by atoms with Crippen LogP contribution in [0.5, 0.6) is 11.5 Å². The first-order chi connectivity index (χ1) is 28.1. The molecule has 4 aliphatic rings. The van der Waals surface area contributed by atoms with Crippen LogP contribution in [0.4, 0.5) is 11.4 Å². The molecule has 2 aliphatic carbocycles. The highest BCUT2D eigenvalue weighted by molar-refractivity contribution is 6.22. The van der Waals surface area contributed by atoms with Gasteiger partial charge in [-0.2, -0.15) is 5.01 Å². The quantitative estimate of drug-likeness (QED) is 0.0887. The van der Waals surface area contributed by atoms with E-state index in [1.807, 2.05) is 85.8 Å². The highest BCUT2D eigenvalue weighted by Crippen LogP contribution is 2.65. The second kappa shape index (κ2) is 14.3. The predicted molar refractivity (Wildman–Crippen MR) is 217 cm³/mol. The van der Waals surface area contributed by atoms with Crippen LogP contribution in [0.25, 0.3) is 0 Å². The van der Waals surface area contributed by atoms with Gasteiger partial charge in [-0.1, -0.05) is 96.1 Å². The molecule has 0 spiro atoms. The Morgan fingerprint density at radius 3 is 2.17 bits per heavy atom. The highest BCUT2D eigenvalue weighted by Gasteiger charge is 2.70. The molecule has 290 valence electrons. The Morgan fingerprint density at radius 2 is 1.50 bits per heavy atom. The van der Waals surface area contributed by atoms with Gasteiger partial charge in [-0.15, -0.1) is 0 Å². The molecule has 2 heterocycles. The van der Waals surface area contributed by atoms with Crippen molar-refractivity contribution in [2.24, 2.45) is 23.7 Å². The van der Waals surface area contributed by atoms with E-state index in [1.54, 1.807) is 48.5 Å². The lowest BCUT2D eigenvalue weighted by Gasteiger charge is -2.50. The highest BCUT2D eigenvalue weighted by atomic mass is 16.5. The molecule has 0 aromatic heterocycles. The Balaban J connectivity index is 1.18. The van der Waals surface area contributed by atoms with Gasteiger partial charge in [-0.05, 0) is 86.2 Å². The van der Waals surface area contributed by atoms with Gasteiger partial charge < -0.3 is 9.84 Å². The van der Waals surface area contributed by atoms with Gasteiger partial charge in [-0.3, -0.25) is 34.3 Å². The van der Waals surface area contributed by atoms with Crippen molar-refractivity contribution in [1.82, 2.24) is 5.01 Å². The lowest BCUT2D eigenvalue weighted by molar-refractivity contribution is -0.138. The number of rotatable bonds is 9. The second-order valence-corrected chi connectivity index (χ2v) is 15.7. The van der Waals surface area contributed by atoms with Crippen molar-refractivity contribution >= 4 is 40.8 Å². The number of hydrogen-bond donors (Lipinski definition) is 2. The number of aryl methyl sites for hydroxylation is 1. The number of ketones is 1. The predicted octanol–water partition coefficient (Wildman–Crippen LogP) is 7.67. The first-order valence-electron chi connectivity index (χ1n) is 19.5. The van der Waals surface area contributed by atoms with Gasteiger partial charge in [0.1, 0.15) is 18.1 Å². The summed E-state index contributed by atoms with van der Waals surface area (Å²) < 4.78 is 6.08. The second-order valence-electron chi connectivity index (χ2n) is 15.7. The van der Waals surface area contributed by atoms with Crippen LogP contribution in [-0.4, -0.2) is 39.5 Å². The minimum absolute atomic E-state index is 0.115. The van der Waals surface area contributed by atoms with E-state index in [4.69, 9.17) is 4.74 Å². The smallest absolute Gasteiger partial charge is 0.260 e. The number of phenolic OH excluding ortho intramolecular Hbond substituents is 1. The van der Waals surface area contributed by atoms with E-state index in [0.717, 1.165) is 21.7 Å². The monoisotopic (exact) mass is 771 g/mol. The van der Waals surface area contributed by atoms with Crippen LogP contribution in [-0.2, 0) is 31.2 Å². The van der Waals surface area contributed by atoms with E-state index in [-0.39, 0.29) is 36.9 Å². The number of carbonyl (C=O) groups is 5. The fourth-order valence-electron chi connectivity index (χ4n) is 9.79. The molecule has 2 N–H and O–H groups in total. The number of amides is 4. The minimum Gasteiger partial charge on any atom is -0.508 e. The lowest BCUT2D eigenvalue weighted by Crippen LogP contribution is -2.53. The maximum absolute atomic E-state index is 15.5. The maximum atomic E-state index is 15.5. The van der Waals surface area contributed by atoms with E-state index in [1.165, 1.54) is 17.9 Å². The number of anilines is 2. The molecule has 10 heteroatoms. The third kappa shape index (κ3) is 5.81. The Bertz CT molecular complexity index is 2500. The van der Waals surface area contributed by atoms with Gasteiger partial charge in [0.05, 0.1) is 34.5 Å². The topological polar surface area (TPSA) is 133 Å². The first kappa shape index (κ1) is 36.8. The van der Waals surface area contributed by atoms with Crippen molar-refractivity contribution in [3.05, 3.63) is 167 Å². The Hall–Kier alpha value is -6.81. The summed E-state index contributed by atoms with van der Waals surface area (Å²) in [5.74, 6) is -5.56. The molecule has 1 saturated carbocycles. The summed E-state index contributed by atoms with van der Waals surface area (Å²) in [5.41, 5.74) is 6.64. The number of benzene rings is 5. The number of hydrogen-bond acceptors (Lipinski definition) is 8. The first-order valence-corrected chi connectivity index (χ1v) is 19.5. The SMILES string of the molecule is CC(=O)c1ccc(N2C(=O)[C@H]3[C@H](CC=C4[C@H]3C[C@H]3C(=O)N(Nc5ccc(C)cc5)C(=O)[C@@]3(c3ccccc3)[C@H]4c3ccc(OCc4ccccc4)cc3O)C2=O)cc1. The fraction of sp³-hybridized carbons (Fsp3) is 0.229. The van der Waals surface area contributed by atoms with Crippen LogP contribution >= 0.6 is 0 Å². The van der Waals surface area contributed by atoms with Crippen molar-refractivity contribution in [2.45, 2.75) is 44.6 Å².